The van der Waals surface area contributed by atoms with Crippen molar-refractivity contribution in [3.8, 4) is 11.5 Å². The molecule has 25 heavy (non-hydrogen) atoms. The van der Waals surface area contributed by atoms with Gasteiger partial charge in [0, 0.05) is 20.7 Å². The highest BCUT2D eigenvalue weighted by Gasteiger charge is 2.07. The molecule has 0 bridgehead atoms. The molecule has 4 nitrogen and oxygen atoms in total. The highest BCUT2D eigenvalue weighted by Crippen LogP contribution is 2.31. The second kappa shape index (κ2) is 9.23. The van der Waals surface area contributed by atoms with Crippen molar-refractivity contribution < 1.29 is 9.47 Å². The molecule has 4 heteroatoms. The molecule has 0 heterocycles. The van der Waals surface area contributed by atoms with Crippen molar-refractivity contribution in [3.05, 3.63) is 53.1 Å². The molecule has 0 spiro atoms. The van der Waals surface area contributed by atoms with Gasteiger partial charge in [-0.1, -0.05) is 12.1 Å². The average Bonchev–Trinajstić information content (AvgIpc) is 2.61. The normalized spacial score (nSPS) is 11.1. The third kappa shape index (κ3) is 5.61. The molecule has 0 aromatic heterocycles. The summed E-state index contributed by atoms with van der Waals surface area (Å²) >= 11 is 0. The van der Waals surface area contributed by atoms with Crippen LogP contribution < -0.4 is 4.74 Å². The van der Waals surface area contributed by atoms with Gasteiger partial charge in [0.15, 0.2) is 0 Å². The molecule has 2 rings (SSSR count). The topological polar surface area (TPSA) is 34.1 Å². The van der Waals surface area contributed by atoms with Crippen LogP contribution in [0, 0.1) is 13.8 Å². The third-order valence-corrected chi connectivity index (χ3v) is 4.11. The monoisotopic (exact) mass is 340 g/mol. The highest BCUT2D eigenvalue weighted by molar-refractivity contribution is 5.64. The third-order valence-electron chi connectivity index (χ3n) is 4.11. The van der Waals surface area contributed by atoms with Crippen LogP contribution in [0.5, 0.6) is 11.5 Å². The van der Waals surface area contributed by atoms with Crippen LogP contribution in [0.25, 0.3) is 0 Å². The van der Waals surface area contributed by atoms with E-state index in [1.165, 1.54) is 5.56 Å². The first-order valence-electron chi connectivity index (χ1n) is 8.65. The summed E-state index contributed by atoms with van der Waals surface area (Å²) in [7, 11) is 3.73. The van der Waals surface area contributed by atoms with E-state index in [1.807, 2.05) is 37.3 Å². The lowest BCUT2D eigenvalue weighted by atomic mass is 10.1. The van der Waals surface area contributed by atoms with E-state index < -0.39 is 0 Å². The first-order chi connectivity index (χ1) is 12.0. The maximum atomic E-state index is 6.11. The van der Waals surface area contributed by atoms with Crippen LogP contribution in [-0.2, 0) is 11.2 Å². The summed E-state index contributed by atoms with van der Waals surface area (Å²) in [6.07, 6.45) is 2.74. The standard InChI is InChI=1S/C21H28N2O2/c1-6-23(4)15-22-20-12-17(3)21(13-16(20)2)25-19-9-7-8-18(14-19)10-11-24-5/h7-9,12-15H,6,10-11H2,1-5H3. The Morgan fingerprint density at radius 3 is 2.64 bits per heavy atom. The predicted molar refractivity (Wildman–Crippen MR) is 104 cm³/mol. The fourth-order valence-corrected chi connectivity index (χ4v) is 2.38. The van der Waals surface area contributed by atoms with Gasteiger partial charge in [0.05, 0.1) is 18.6 Å². The van der Waals surface area contributed by atoms with Gasteiger partial charge in [0.2, 0.25) is 0 Å². The molecule has 0 aliphatic heterocycles. The summed E-state index contributed by atoms with van der Waals surface area (Å²) < 4.78 is 11.3. The van der Waals surface area contributed by atoms with Crippen molar-refractivity contribution >= 4 is 12.0 Å². The van der Waals surface area contributed by atoms with E-state index in [2.05, 4.69) is 43.1 Å². The molecule has 0 N–H and O–H groups in total. The number of nitrogens with zero attached hydrogens (tertiary/aromatic N) is 2. The van der Waals surface area contributed by atoms with Gasteiger partial charge in [-0.25, -0.2) is 4.99 Å². The van der Waals surface area contributed by atoms with Gasteiger partial charge in [-0.05, 0) is 68.1 Å². The number of aliphatic imine (C=N–C) groups is 1. The Kier molecular flexibility index (Phi) is 7.02. The minimum Gasteiger partial charge on any atom is -0.457 e. The molecule has 0 fully saturated rings. The van der Waals surface area contributed by atoms with Crippen LogP contribution in [0.4, 0.5) is 5.69 Å². The van der Waals surface area contributed by atoms with E-state index in [1.54, 1.807) is 7.11 Å². The maximum Gasteiger partial charge on any atom is 0.130 e. The van der Waals surface area contributed by atoms with Gasteiger partial charge < -0.3 is 14.4 Å². The summed E-state index contributed by atoms with van der Waals surface area (Å²) in [4.78, 5) is 6.61. The average molecular weight is 340 g/mol. The van der Waals surface area contributed by atoms with Crippen molar-refractivity contribution in [2.24, 2.45) is 4.99 Å². The van der Waals surface area contributed by atoms with Crippen LogP contribution in [-0.4, -0.2) is 38.5 Å². The second-order valence-electron chi connectivity index (χ2n) is 6.21. The molecule has 0 aliphatic rings. The molecule has 0 amide bonds. The molecule has 0 atom stereocenters. The number of hydrogen-bond acceptors (Lipinski definition) is 3. The zero-order chi connectivity index (χ0) is 18.2. The Morgan fingerprint density at radius 2 is 1.92 bits per heavy atom. The SMILES string of the molecule is CCN(C)C=Nc1cc(C)c(Oc2cccc(CCOC)c2)cc1C. The van der Waals surface area contributed by atoms with Crippen LogP contribution in [0.1, 0.15) is 23.6 Å². The molecule has 0 saturated carbocycles. The van der Waals surface area contributed by atoms with Gasteiger partial charge in [-0.2, -0.15) is 0 Å². The Hall–Kier alpha value is -2.33. The van der Waals surface area contributed by atoms with Crippen LogP contribution >= 0.6 is 0 Å². The smallest absolute Gasteiger partial charge is 0.130 e. The first kappa shape index (κ1) is 19.0. The molecule has 2 aromatic carbocycles. The number of aryl methyl sites for hydroxylation is 2. The van der Waals surface area contributed by atoms with Crippen molar-refractivity contribution in [2.45, 2.75) is 27.2 Å². The minimum absolute atomic E-state index is 0.709. The number of rotatable bonds is 8. The summed E-state index contributed by atoms with van der Waals surface area (Å²) in [6, 6.07) is 12.3. The Morgan fingerprint density at radius 1 is 1.12 bits per heavy atom. The molecule has 0 saturated heterocycles. The lowest BCUT2D eigenvalue weighted by molar-refractivity contribution is 0.202. The molecule has 0 radical (unpaired) electrons. The van der Waals surface area contributed by atoms with Crippen molar-refractivity contribution in [2.75, 3.05) is 27.3 Å². The fraction of sp³-hybridized carbons (Fsp3) is 0.381. The number of hydrogen-bond donors (Lipinski definition) is 0. The van der Waals surface area contributed by atoms with Gasteiger partial charge in [-0.3, -0.25) is 0 Å². The molecular formula is C21H28N2O2. The lowest BCUT2D eigenvalue weighted by Crippen LogP contribution is -2.14. The van der Waals surface area contributed by atoms with E-state index in [4.69, 9.17) is 9.47 Å². The molecule has 2 aromatic rings. The van der Waals surface area contributed by atoms with Gasteiger partial charge in [0.25, 0.3) is 0 Å². The zero-order valence-corrected chi connectivity index (χ0v) is 15.9. The number of methoxy groups -OCH3 is 1. The Balaban J connectivity index is 2.18. The zero-order valence-electron chi connectivity index (χ0n) is 15.9. The molecule has 134 valence electrons. The van der Waals surface area contributed by atoms with Crippen LogP contribution in [0.2, 0.25) is 0 Å². The van der Waals surface area contributed by atoms with Crippen LogP contribution in [0.15, 0.2) is 41.4 Å². The second-order valence-corrected chi connectivity index (χ2v) is 6.21. The Bertz CT molecular complexity index is 726. The highest BCUT2D eigenvalue weighted by atomic mass is 16.5. The maximum absolute atomic E-state index is 6.11. The molecular weight excluding hydrogens is 312 g/mol. The van der Waals surface area contributed by atoms with E-state index in [0.717, 1.165) is 41.3 Å². The minimum atomic E-state index is 0.709. The lowest BCUT2D eigenvalue weighted by Gasteiger charge is -2.13. The van der Waals surface area contributed by atoms with Crippen molar-refractivity contribution in [1.29, 1.82) is 0 Å². The summed E-state index contributed by atoms with van der Waals surface area (Å²) in [5, 5.41) is 0. The summed E-state index contributed by atoms with van der Waals surface area (Å²) in [5.74, 6) is 1.71. The summed E-state index contributed by atoms with van der Waals surface area (Å²) in [6.45, 7) is 7.84. The van der Waals surface area contributed by atoms with Crippen molar-refractivity contribution in [1.82, 2.24) is 4.90 Å². The Labute approximate surface area is 151 Å². The molecule has 0 unspecified atom stereocenters. The van der Waals surface area contributed by atoms with Crippen molar-refractivity contribution in [3.63, 3.8) is 0 Å². The van der Waals surface area contributed by atoms with Crippen LogP contribution in [0.3, 0.4) is 0 Å². The first-order valence-corrected chi connectivity index (χ1v) is 8.65. The summed E-state index contributed by atoms with van der Waals surface area (Å²) in [5.41, 5.74) is 4.34. The van der Waals surface area contributed by atoms with E-state index in [9.17, 15) is 0 Å². The number of benzene rings is 2. The fourth-order valence-electron chi connectivity index (χ4n) is 2.38. The number of ether oxygens (including phenoxy) is 2. The quantitative estimate of drug-likeness (QED) is 0.506. The predicted octanol–water partition coefficient (Wildman–Crippen LogP) is 4.90. The van der Waals surface area contributed by atoms with Gasteiger partial charge >= 0.3 is 0 Å². The van der Waals surface area contributed by atoms with Gasteiger partial charge in [0.1, 0.15) is 11.5 Å². The van der Waals surface area contributed by atoms with E-state index in [-0.39, 0.29) is 0 Å². The largest absolute Gasteiger partial charge is 0.457 e. The van der Waals surface area contributed by atoms with E-state index >= 15 is 0 Å². The molecule has 0 aliphatic carbocycles. The van der Waals surface area contributed by atoms with Gasteiger partial charge in [-0.15, -0.1) is 0 Å². The van der Waals surface area contributed by atoms with E-state index in [0.29, 0.717) is 6.61 Å².